The number of aromatic amines is 1. The first-order chi connectivity index (χ1) is 19.3. The van der Waals surface area contributed by atoms with Crippen molar-refractivity contribution >= 4 is 17.1 Å². The average Bonchev–Trinajstić information content (AvgIpc) is 3.44. The minimum atomic E-state index is -1.81. The van der Waals surface area contributed by atoms with Crippen molar-refractivity contribution < 1.29 is 29.9 Å². The van der Waals surface area contributed by atoms with Gasteiger partial charge in [-0.3, -0.25) is 9.36 Å². The first-order valence-electron chi connectivity index (χ1n) is 13.1. The number of hydrogen-bond donors (Lipinski definition) is 6. The Morgan fingerprint density at radius 1 is 1.18 bits per heavy atom. The fourth-order valence-corrected chi connectivity index (χ4v) is 4.86. The Labute approximate surface area is 229 Å². The van der Waals surface area contributed by atoms with Crippen LogP contribution in [0.1, 0.15) is 31.6 Å². The van der Waals surface area contributed by atoms with Gasteiger partial charge in [0.1, 0.15) is 23.6 Å². The molecule has 0 amide bonds. The van der Waals surface area contributed by atoms with E-state index in [-0.39, 0.29) is 30.3 Å². The lowest BCUT2D eigenvalue weighted by atomic mass is 9.96. The van der Waals surface area contributed by atoms with Crippen LogP contribution in [-0.4, -0.2) is 77.6 Å². The summed E-state index contributed by atoms with van der Waals surface area (Å²) in [5, 5.41) is 43.7. The zero-order chi connectivity index (χ0) is 28.3. The summed E-state index contributed by atoms with van der Waals surface area (Å²) >= 11 is 0. The number of ether oxygens (including phenoxy) is 2. The summed E-state index contributed by atoms with van der Waals surface area (Å²) in [4.78, 5) is 23.7. The molecule has 0 spiro atoms. The molecule has 40 heavy (non-hydrogen) atoms. The summed E-state index contributed by atoms with van der Waals surface area (Å²) in [7, 11) is 0. The molecule has 212 valence electrons. The molecule has 5 rings (SSSR count). The maximum absolute atomic E-state index is 12.5. The molecule has 3 heterocycles. The highest BCUT2D eigenvalue weighted by Crippen LogP contribution is 2.41. The van der Waals surface area contributed by atoms with Crippen molar-refractivity contribution in [3.63, 3.8) is 0 Å². The average molecular weight is 552 g/mol. The van der Waals surface area contributed by atoms with Gasteiger partial charge >= 0.3 is 0 Å². The second-order valence-corrected chi connectivity index (χ2v) is 9.92. The van der Waals surface area contributed by atoms with Gasteiger partial charge in [-0.1, -0.05) is 42.5 Å². The zero-order valence-corrected chi connectivity index (χ0v) is 22.0. The molecule has 4 unspecified atom stereocenters. The number of anilines is 1. The molecule has 1 aliphatic heterocycles. The molecule has 2 aromatic heterocycles. The Morgan fingerprint density at radius 2 is 1.98 bits per heavy atom. The van der Waals surface area contributed by atoms with Gasteiger partial charge in [0.25, 0.3) is 5.56 Å². The summed E-state index contributed by atoms with van der Waals surface area (Å²) in [5.74, 6) is 0.874. The highest BCUT2D eigenvalue weighted by Gasteiger charge is 2.54. The van der Waals surface area contributed by atoms with Crippen LogP contribution in [0.4, 0.5) is 5.95 Å². The molecule has 4 atom stereocenters. The maximum Gasteiger partial charge on any atom is 0.278 e. The number of aliphatic hydroxyl groups is 4. The SMILES string of the molecule is CC1(O)C(O)C(CO)OC1n1c(NCc2ccc(-c3ccccc3)c(OCCCCO)c2)nc2c(=O)[nH]cnc21. The third-order valence-electron chi connectivity index (χ3n) is 7.04. The van der Waals surface area contributed by atoms with Crippen molar-refractivity contribution in [3.05, 3.63) is 70.8 Å². The van der Waals surface area contributed by atoms with Crippen molar-refractivity contribution in [2.45, 2.75) is 50.3 Å². The number of imidazole rings is 1. The molecule has 12 heteroatoms. The van der Waals surface area contributed by atoms with Gasteiger partial charge in [-0.15, -0.1) is 0 Å². The predicted octanol–water partition coefficient (Wildman–Crippen LogP) is 1.55. The molecule has 0 aliphatic carbocycles. The number of rotatable bonds is 11. The first-order valence-corrected chi connectivity index (χ1v) is 13.1. The van der Waals surface area contributed by atoms with Crippen LogP contribution in [0.3, 0.4) is 0 Å². The molecular weight excluding hydrogens is 518 g/mol. The normalized spacial score (nSPS) is 22.6. The predicted molar refractivity (Wildman–Crippen MR) is 147 cm³/mol. The fourth-order valence-electron chi connectivity index (χ4n) is 4.86. The van der Waals surface area contributed by atoms with Gasteiger partial charge in [0.15, 0.2) is 17.4 Å². The van der Waals surface area contributed by atoms with Crippen LogP contribution in [0.15, 0.2) is 59.7 Å². The lowest BCUT2D eigenvalue weighted by molar-refractivity contribution is -0.0941. The van der Waals surface area contributed by atoms with Crippen LogP contribution in [-0.2, 0) is 11.3 Å². The highest BCUT2D eigenvalue weighted by molar-refractivity contribution is 5.74. The lowest BCUT2D eigenvalue weighted by Crippen LogP contribution is -2.44. The zero-order valence-electron chi connectivity index (χ0n) is 22.0. The number of fused-ring (bicyclic) bond motifs is 1. The van der Waals surface area contributed by atoms with Gasteiger partial charge in [0.05, 0.1) is 19.5 Å². The van der Waals surface area contributed by atoms with E-state index in [4.69, 9.17) is 14.6 Å². The molecule has 1 saturated heterocycles. The third-order valence-corrected chi connectivity index (χ3v) is 7.04. The van der Waals surface area contributed by atoms with Crippen molar-refractivity contribution in [2.24, 2.45) is 0 Å². The Morgan fingerprint density at radius 3 is 2.70 bits per heavy atom. The number of unbranched alkanes of at least 4 members (excludes halogenated alkanes) is 1. The molecule has 4 aromatic rings. The van der Waals surface area contributed by atoms with E-state index < -0.39 is 36.2 Å². The van der Waals surface area contributed by atoms with E-state index in [0.717, 1.165) is 16.7 Å². The lowest BCUT2D eigenvalue weighted by Gasteiger charge is -2.28. The van der Waals surface area contributed by atoms with Crippen LogP contribution >= 0.6 is 0 Å². The quantitative estimate of drug-likeness (QED) is 0.150. The number of nitrogens with one attached hydrogen (secondary N) is 2. The van der Waals surface area contributed by atoms with Crippen molar-refractivity contribution in [1.29, 1.82) is 0 Å². The highest BCUT2D eigenvalue weighted by atomic mass is 16.6. The summed E-state index contributed by atoms with van der Waals surface area (Å²) in [5.41, 5.74) is 0.668. The second-order valence-electron chi connectivity index (χ2n) is 9.92. The van der Waals surface area contributed by atoms with Gasteiger partial charge in [0, 0.05) is 18.7 Å². The Balaban J connectivity index is 1.47. The summed E-state index contributed by atoms with van der Waals surface area (Å²) in [6.45, 7) is 1.70. The number of benzene rings is 2. The number of hydrogen-bond acceptors (Lipinski definition) is 10. The summed E-state index contributed by atoms with van der Waals surface area (Å²) in [6.07, 6.45) is -1.04. The standard InChI is InChI=1S/C28H33N5O7/c1-28(38)23(36)21(15-35)40-26(28)33-24-22(25(37)31-16-30-24)32-27(33)29-14-17-9-10-19(18-7-3-2-4-8-18)20(13-17)39-12-6-5-11-34/h2-4,7-10,13,16,21,23,26,34-36,38H,5-6,11-12,14-15H2,1H3,(H,29,32)(H,30,31,37). The number of aliphatic hydroxyl groups excluding tert-OH is 3. The molecule has 2 aromatic carbocycles. The van der Waals surface area contributed by atoms with Gasteiger partial charge in [-0.05, 0) is 37.0 Å². The molecule has 1 fully saturated rings. The van der Waals surface area contributed by atoms with Crippen LogP contribution in [0.5, 0.6) is 5.75 Å². The van der Waals surface area contributed by atoms with Crippen molar-refractivity contribution in [2.75, 3.05) is 25.1 Å². The second kappa shape index (κ2) is 11.7. The summed E-state index contributed by atoms with van der Waals surface area (Å²) in [6, 6.07) is 15.7. The van der Waals surface area contributed by atoms with Crippen LogP contribution < -0.4 is 15.6 Å². The Hall–Kier alpha value is -3.81. The van der Waals surface area contributed by atoms with E-state index in [0.29, 0.717) is 25.2 Å². The van der Waals surface area contributed by atoms with Crippen molar-refractivity contribution in [3.8, 4) is 16.9 Å². The topological polar surface area (TPSA) is 175 Å². The van der Waals surface area contributed by atoms with E-state index in [9.17, 15) is 20.1 Å². The number of nitrogens with zero attached hydrogens (tertiary/aromatic N) is 3. The summed E-state index contributed by atoms with van der Waals surface area (Å²) < 4.78 is 13.3. The number of H-pyrrole nitrogens is 1. The third kappa shape index (κ3) is 5.31. The maximum atomic E-state index is 12.5. The van der Waals surface area contributed by atoms with Gasteiger partial charge < -0.3 is 40.2 Å². The van der Waals surface area contributed by atoms with Crippen LogP contribution in [0.2, 0.25) is 0 Å². The molecule has 0 radical (unpaired) electrons. The van der Waals surface area contributed by atoms with Gasteiger partial charge in [0.2, 0.25) is 5.95 Å². The van der Waals surface area contributed by atoms with E-state index in [1.165, 1.54) is 17.8 Å². The largest absolute Gasteiger partial charge is 0.493 e. The molecule has 6 N–H and O–H groups in total. The number of aromatic nitrogens is 4. The smallest absolute Gasteiger partial charge is 0.278 e. The van der Waals surface area contributed by atoms with E-state index in [1.807, 2.05) is 48.5 Å². The fraction of sp³-hybridized carbons (Fsp3) is 0.393. The minimum Gasteiger partial charge on any atom is -0.493 e. The Kier molecular flexibility index (Phi) is 8.14. The van der Waals surface area contributed by atoms with Gasteiger partial charge in [-0.25, -0.2) is 9.97 Å². The van der Waals surface area contributed by atoms with Crippen molar-refractivity contribution in [1.82, 2.24) is 19.5 Å². The van der Waals surface area contributed by atoms with E-state index in [1.54, 1.807) is 0 Å². The van der Waals surface area contributed by atoms with Crippen LogP contribution in [0.25, 0.3) is 22.3 Å². The molecular formula is C28H33N5O7. The van der Waals surface area contributed by atoms with Crippen LogP contribution in [0, 0.1) is 0 Å². The van der Waals surface area contributed by atoms with Gasteiger partial charge in [-0.2, -0.15) is 0 Å². The molecule has 1 aliphatic rings. The minimum absolute atomic E-state index is 0.0265. The first kappa shape index (κ1) is 27.7. The molecule has 0 saturated carbocycles. The molecule has 0 bridgehead atoms. The van der Waals surface area contributed by atoms with E-state index in [2.05, 4.69) is 20.3 Å². The van der Waals surface area contributed by atoms with E-state index >= 15 is 0 Å². The molecule has 12 nitrogen and oxygen atoms in total. The monoisotopic (exact) mass is 551 g/mol. The Bertz CT molecular complexity index is 1500.